The van der Waals surface area contributed by atoms with Crippen LogP contribution in [0.2, 0.25) is 0 Å². The topological polar surface area (TPSA) is 6.48 Å². The van der Waals surface area contributed by atoms with E-state index in [1.807, 2.05) is 0 Å². The van der Waals surface area contributed by atoms with Crippen LogP contribution >= 0.6 is 0 Å². The van der Waals surface area contributed by atoms with E-state index in [0.29, 0.717) is 0 Å². The molecule has 0 atom stereocenters. The average Bonchev–Trinajstić information content (AvgIpc) is 2.49. The third kappa shape index (κ3) is 4.32. The number of hydrogen-bond acceptors (Lipinski definition) is 2. The lowest BCUT2D eigenvalue weighted by Gasteiger charge is -2.37. The molecule has 2 rings (SSSR count). The molecule has 105 valence electrons. The van der Waals surface area contributed by atoms with Crippen molar-refractivity contribution in [3.63, 3.8) is 0 Å². The minimum Gasteiger partial charge on any atom is -0.301 e. The second kappa shape index (κ2) is 7.66. The minimum absolute atomic E-state index is 0.802. The number of benzene rings is 1. The summed E-state index contributed by atoms with van der Waals surface area (Å²) in [5.74, 6) is 0. The van der Waals surface area contributed by atoms with Crippen molar-refractivity contribution >= 4 is 0 Å². The summed E-state index contributed by atoms with van der Waals surface area (Å²) in [5, 5.41) is 0. The van der Waals surface area contributed by atoms with Crippen LogP contribution in [0.1, 0.15) is 32.3 Å². The van der Waals surface area contributed by atoms with Crippen molar-refractivity contribution < 1.29 is 0 Å². The van der Waals surface area contributed by atoms with Crippen LogP contribution in [0.25, 0.3) is 0 Å². The lowest BCUT2D eigenvalue weighted by molar-refractivity contribution is 0.131. The maximum atomic E-state index is 2.61. The molecule has 1 radical (unpaired) electrons. The molecule has 0 N–H and O–H groups in total. The van der Waals surface area contributed by atoms with Gasteiger partial charge in [0.1, 0.15) is 0 Å². The van der Waals surface area contributed by atoms with E-state index in [2.05, 4.69) is 60.5 Å². The quantitative estimate of drug-likeness (QED) is 0.774. The molecule has 1 aromatic carbocycles. The molecule has 1 heterocycles. The molecule has 2 nitrogen and oxygen atoms in total. The van der Waals surface area contributed by atoms with Crippen molar-refractivity contribution in [2.75, 3.05) is 26.2 Å². The van der Waals surface area contributed by atoms with Gasteiger partial charge in [0, 0.05) is 12.6 Å². The highest BCUT2D eigenvalue weighted by atomic mass is 15.2. The van der Waals surface area contributed by atoms with Crippen LogP contribution in [0.5, 0.6) is 0 Å². The molecule has 1 aliphatic rings. The summed E-state index contributed by atoms with van der Waals surface area (Å²) in [7, 11) is 0. The normalized spacial score (nSPS) is 18.1. The van der Waals surface area contributed by atoms with Gasteiger partial charge in [0.05, 0.1) is 0 Å². The third-order valence-corrected chi connectivity index (χ3v) is 4.26. The second-order valence-corrected chi connectivity index (χ2v) is 5.36. The molecule has 1 aromatic rings. The first-order valence-corrected chi connectivity index (χ1v) is 7.68. The van der Waals surface area contributed by atoms with E-state index in [4.69, 9.17) is 0 Å². The molecule has 19 heavy (non-hydrogen) atoms. The highest BCUT2D eigenvalue weighted by molar-refractivity contribution is 5.16. The SMILES string of the molecule is CCN(CC)C1CCN([CH]Cc2ccccc2)CC1. The van der Waals surface area contributed by atoms with E-state index in [0.717, 1.165) is 12.5 Å². The zero-order chi connectivity index (χ0) is 13.5. The monoisotopic (exact) mass is 259 g/mol. The van der Waals surface area contributed by atoms with Gasteiger partial charge in [0.25, 0.3) is 0 Å². The van der Waals surface area contributed by atoms with E-state index in [-0.39, 0.29) is 0 Å². The Balaban J connectivity index is 1.72. The second-order valence-electron chi connectivity index (χ2n) is 5.36. The van der Waals surface area contributed by atoms with Gasteiger partial charge in [-0.3, -0.25) is 4.90 Å². The molecular formula is C17H27N2. The Bertz CT molecular complexity index is 338. The molecule has 1 saturated heterocycles. The highest BCUT2D eigenvalue weighted by Crippen LogP contribution is 2.18. The molecule has 0 aliphatic carbocycles. The summed E-state index contributed by atoms with van der Waals surface area (Å²) in [6, 6.07) is 11.5. The Kier molecular flexibility index (Phi) is 5.87. The largest absolute Gasteiger partial charge is 0.301 e. The number of rotatable bonds is 6. The van der Waals surface area contributed by atoms with Gasteiger partial charge in [-0.1, -0.05) is 44.2 Å². The van der Waals surface area contributed by atoms with Crippen molar-refractivity contribution in [1.82, 2.24) is 9.80 Å². The van der Waals surface area contributed by atoms with Crippen molar-refractivity contribution in [1.29, 1.82) is 0 Å². The molecule has 0 saturated carbocycles. The van der Waals surface area contributed by atoms with Gasteiger partial charge in [0.15, 0.2) is 0 Å². The van der Waals surface area contributed by atoms with E-state index in [9.17, 15) is 0 Å². The molecule has 0 aromatic heterocycles. The molecular weight excluding hydrogens is 232 g/mol. The maximum Gasteiger partial charge on any atom is 0.0295 e. The Labute approximate surface area is 118 Å². The molecule has 0 spiro atoms. The third-order valence-electron chi connectivity index (χ3n) is 4.26. The van der Waals surface area contributed by atoms with Gasteiger partial charge >= 0.3 is 0 Å². The van der Waals surface area contributed by atoms with Gasteiger partial charge in [-0.2, -0.15) is 0 Å². The molecule has 0 bridgehead atoms. The van der Waals surface area contributed by atoms with Crippen LogP contribution in [0, 0.1) is 6.54 Å². The summed E-state index contributed by atoms with van der Waals surface area (Å²) in [6.07, 6.45) is 3.69. The van der Waals surface area contributed by atoms with E-state index < -0.39 is 0 Å². The number of piperidine rings is 1. The number of hydrogen-bond donors (Lipinski definition) is 0. The first kappa shape index (κ1) is 14.5. The van der Waals surface area contributed by atoms with Gasteiger partial charge in [-0.15, -0.1) is 0 Å². The molecule has 1 aliphatic heterocycles. The van der Waals surface area contributed by atoms with Crippen LogP contribution in [-0.4, -0.2) is 42.0 Å². The molecule has 0 unspecified atom stereocenters. The average molecular weight is 259 g/mol. The predicted molar refractivity (Wildman–Crippen MR) is 82.0 cm³/mol. The fourth-order valence-corrected chi connectivity index (χ4v) is 3.02. The standard InChI is InChI=1S/C17H27N2/c1-3-19(4-2)17-11-14-18(15-12-17)13-10-16-8-6-5-7-9-16/h5-9,13,17H,3-4,10-12,14-15H2,1-2H3. The van der Waals surface area contributed by atoms with Crippen molar-refractivity contribution in [2.24, 2.45) is 0 Å². The van der Waals surface area contributed by atoms with Crippen molar-refractivity contribution in [3.8, 4) is 0 Å². The van der Waals surface area contributed by atoms with Crippen LogP contribution in [0.4, 0.5) is 0 Å². The maximum absolute atomic E-state index is 2.61. The van der Waals surface area contributed by atoms with Crippen LogP contribution < -0.4 is 0 Å². The van der Waals surface area contributed by atoms with E-state index in [1.54, 1.807) is 0 Å². The fraction of sp³-hybridized carbons (Fsp3) is 0.588. The Morgan fingerprint density at radius 2 is 1.74 bits per heavy atom. The Morgan fingerprint density at radius 3 is 2.32 bits per heavy atom. The van der Waals surface area contributed by atoms with Crippen LogP contribution in [-0.2, 0) is 6.42 Å². The van der Waals surface area contributed by atoms with Crippen molar-refractivity contribution in [2.45, 2.75) is 39.2 Å². The molecule has 1 fully saturated rings. The zero-order valence-corrected chi connectivity index (χ0v) is 12.4. The highest BCUT2D eigenvalue weighted by Gasteiger charge is 2.22. The lowest BCUT2D eigenvalue weighted by Crippen LogP contribution is -2.44. The van der Waals surface area contributed by atoms with E-state index >= 15 is 0 Å². The molecule has 2 heteroatoms. The summed E-state index contributed by atoms with van der Waals surface area (Å²) >= 11 is 0. The van der Waals surface area contributed by atoms with Gasteiger partial charge in [-0.05, 0) is 51.0 Å². The lowest BCUT2D eigenvalue weighted by atomic mass is 10.0. The van der Waals surface area contributed by atoms with Gasteiger partial charge < -0.3 is 4.90 Å². The van der Waals surface area contributed by atoms with Gasteiger partial charge in [0.2, 0.25) is 0 Å². The van der Waals surface area contributed by atoms with E-state index in [1.165, 1.54) is 44.6 Å². The van der Waals surface area contributed by atoms with Crippen molar-refractivity contribution in [3.05, 3.63) is 42.4 Å². The zero-order valence-electron chi connectivity index (χ0n) is 12.4. The predicted octanol–water partition coefficient (Wildman–Crippen LogP) is 3.20. The number of nitrogens with zero attached hydrogens (tertiary/aromatic N) is 2. The summed E-state index contributed by atoms with van der Waals surface area (Å²) in [4.78, 5) is 5.11. The van der Waals surface area contributed by atoms with Crippen LogP contribution in [0.15, 0.2) is 30.3 Å². The first-order valence-electron chi connectivity index (χ1n) is 7.68. The Morgan fingerprint density at radius 1 is 1.11 bits per heavy atom. The summed E-state index contributed by atoms with van der Waals surface area (Å²) in [5.41, 5.74) is 1.41. The Hall–Kier alpha value is -0.860. The van der Waals surface area contributed by atoms with Crippen LogP contribution in [0.3, 0.4) is 0 Å². The minimum atomic E-state index is 0.802. The molecule has 0 amide bonds. The first-order chi connectivity index (χ1) is 9.33. The number of likely N-dealkylation sites (tertiary alicyclic amines) is 1. The van der Waals surface area contributed by atoms with Gasteiger partial charge in [-0.25, -0.2) is 0 Å². The summed E-state index contributed by atoms with van der Waals surface area (Å²) in [6.45, 7) is 11.7. The smallest absolute Gasteiger partial charge is 0.0295 e. The fourth-order valence-electron chi connectivity index (χ4n) is 3.02. The summed E-state index contributed by atoms with van der Waals surface area (Å²) < 4.78 is 0.